The van der Waals surface area contributed by atoms with E-state index in [2.05, 4.69) is 30.8 Å². The van der Waals surface area contributed by atoms with E-state index in [1.807, 2.05) is 48.8 Å². The molecule has 52 heavy (non-hydrogen) atoms. The first kappa shape index (κ1) is 36.8. The fraction of sp³-hybridized carbons (Fsp3) is 0.278. The third-order valence-electron chi connectivity index (χ3n) is 8.12. The van der Waals surface area contributed by atoms with Gasteiger partial charge in [0.05, 0.1) is 86.7 Å². The van der Waals surface area contributed by atoms with Crippen LogP contribution in [0.2, 0.25) is 10.0 Å². The number of nitrogens with one attached hydrogen (secondary N) is 2. The predicted molar refractivity (Wildman–Crippen MR) is 197 cm³/mol. The number of benzene rings is 2. The number of aliphatic hydroxyl groups excluding tert-OH is 2. The Bertz CT molecular complexity index is 1970. The number of nitrogens with zero attached hydrogens (tertiary/aromatic N) is 8. The maximum Gasteiger partial charge on any atom is 0.237 e. The van der Waals surface area contributed by atoms with Crippen LogP contribution in [0.1, 0.15) is 22.5 Å². The fourth-order valence-corrected chi connectivity index (χ4v) is 6.24. The van der Waals surface area contributed by atoms with Gasteiger partial charge in [-0.15, -0.1) is 0 Å². The maximum absolute atomic E-state index is 9.12. The molecule has 0 unspecified atom stereocenters. The normalized spacial score (nSPS) is 11.3. The molecule has 4 heterocycles. The number of methoxy groups -OCH3 is 2. The molecule has 6 aromatic rings. The molecule has 0 aliphatic heterocycles. The quantitative estimate of drug-likeness (QED) is 0.103. The summed E-state index contributed by atoms with van der Waals surface area (Å²) in [5.41, 5.74) is 7.09. The number of halogens is 2. The lowest BCUT2D eigenvalue weighted by Gasteiger charge is -2.15. The Morgan fingerprint density at radius 1 is 0.615 bits per heavy atom. The summed E-state index contributed by atoms with van der Waals surface area (Å²) < 4.78 is 14.6. The van der Waals surface area contributed by atoms with Crippen LogP contribution in [0, 0.1) is 0 Å². The minimum absolute atomic E-state index is 0.0303. The number of hydrogen-bond donors (Lipinski definition) is 4. The van der Waals surface area contributed by atoms with Gasteiger partial charge in [0.2, 0.25) is 11.8 Å². The van der Waals surface area contributed by atoms with Crippen LogP contribution in [0.25, 0.3) is 33.6 Å². The number of aromatic nitrogens is 8. The minimum Gasteiger partial charge on any atom is -0.480 e. The smallest absolute Gasteiger partial charge is 0.237 e. The number of ether oxygens (including phenoxy) is 2. The Hall–Kier alpha value is -4.96. The molecule has 4 aromatic heterocycles. The van der Waals surface area contributed by atoms with Gasteiger partial charge in [0, 0.05) is 72.0 Å². The van der Waals surface area contributed by atoms with Gasteiger partial charge in [0.1, 0.15) is 11.4 Å². The van der Waals surface area contributed by atoms with Crippen molar-refractivity contribution in [1.82, 2.24) is 50.1 Å². The summed E-state index contributed by atoms with van der Waals surface area (Å²) in [6.45, 7) is 2.91. The monoisotopic (exact) mass is 744 g/mol. The molecule has 0 bridgehead atoms. The fourth-order valence-electron chi connectivity index (χ4n) is 5.59. The van der Waals surface area contributed by atoms with Crippen molar-refractivity contribution in [2.45, 2.75) is 39.3 Å². The summed E-state index contributed by atoms with van der Waals surface area (Å²) in [5.74, 6) is 0.755. The molecule has 0 radical (unpaired) electrons. The Labute approximate surface area is 310 Å². The van der Waals surface area contributed by atoms with E-state index in [0.717, 1.165) is 11.1 Å². The molecular weight excluding hydrogens is 707 g/mol. The summed E-state index contributed by atoms with van der Waals surface area (Å²) in [7, 11) is 3.11. The van der Waals surface area contributed by atoms with Gasteiger partial charge >= 0.3 is 0 Å². The molecule has 0 saturated heterocycles. The third-order valence-corrected chi connectivity index (χ3v) is 8.94. The third kappa shape index (κ3) is 8.56. The van der Waals surface area contributed by atoms with Crippen LogP contribution in [0.15, 0.2) is 73.6 Å². The standard InChI is InChI=1S/C36H38Cl2N10O4/c1-51-35-31(17-39-13-23-15-43-47(21-23)9-11-49)41-19-29(45-35)27-7-3-5-25(33(27)37)26-6-4-8-28(34(26)38)30-20-42-32(36(46-30)52-2)18-40-14-24-16-44-48(22-24)10-12-50/h3-8,15-16,19-22,39-40,49-50H,9-14,17-18H2,1-2H3. The summed E-state index contributed by atoms with van der Waals surface area (Å²) in [6.07, 6.45) is 10.6. The van der Waals surface area contributed by atoms with Gasteiger partial charge < -0.3 is 30.3 Å². The van der Waals surface area contributed by atoms with Crippen molar-refractivity contribution in [1.29, 1.82) is 0 Å². The summed E-state index contributed by atoms with van der Waals surface area (Å²) in [4.78, 5) is 18.8. The van der Waals surface area contributed by atoms with Crippen molar-refractivity contribution in [3.05, 3.63) is 106 Å². The zero-order valence-electron chi connectivity index (χ0n) is 28.6. The second kappa shape index (κ2) is 17.5. The Morgan fingerprint density at radius 3 is 1.44 bits per heavy atom. The average Bonchev–Trinajstić information content (AvgIpc) is 3.81. The molecule has 6 rings (SSSR count). The van der Waals surface area contributed by atoms with E-state index in [1.54, 1.807) is 48.4 Å². The van der Waals surface area contributed by atoms with Crippen molar-refractivity contribution in [2.75, 3.05) is 27.4 Å². The Balaban J connectivity index is 1.18. The molecule has 0 fully saturated rings. The van der Waals surface area contributed by atoms with Crippen LogP contribution in [0.5, 0.6) is 11.8 Å². The molecule has 0 aliphatic rings. The highest BCUT2D eigenvalue weighted by molar-refractivity contribution is 6.39. The summed E-state index contributed by atoms with van der Waals surface area (Å²) in [5, 5.41) is 34.3. The van der Waals surface area contributed by atoms with Crippen LogP contribution < -0.4 is 20.1 Å². The Morgan fingerprint density at radius 2 is 1.04 bits per heavy atom. The molecule has 0 saturated carbocycles. The van der Waals surface area contributed by atoms with Crippen molar-refractivity contribution in [3.63, 3.8) is 0 Å². The van der Waals surface area contributed by atoms with Gasteiger partial charge in [0.25, 0.3) is 0 Å². The lowest BCUT2D eigenvalue weighted by atomic mass is 9.98. The maximum atomic E-state index is 9.12. The van der Waals surface area contributed by atoms with Crippen molar-refractivity contribution >= 4 is 23.2 Å². The van der Waals surface area contributed by atoms with Crippen LogP contribution in [0.3, 0.4) is 0 Å². The first-order valence-corrected chi connectivity index (χ1v) is 17.2. The van der Waals surface area contributed by atoms with E-state index < -0.39 is 0 Å². The topological polar surface area (TPSA) is 170 Å². The van der Waals surface area contributed by atoms with E-state index >= 15 is 0 Å². The van der Waals surface area contributed by atoms with Crippen LogP contribution in [-0.4, -0.2) is 77.1 Å². The average molecular weight is 746 g/mol. The number of rotatable bonds is 17. The van der Waals surface area contributed by atoms with Gasteiger partial charge in [-0.2, -0.15) is 10.2 Å². The highest BCUT2D eigenvalue weighted by atomic mass is 35.5. The van der Waals surface area contributed by atoms with Gasteiger partial charge in [-0.1, -0.05) is 59.6 Å². The second-order valence-corrected chi connectivity index (χ2v) is 12.4. The van der Waals surface area contributed by atoms with Gasteiger partial charge in [-0.25, -0.2) is 9.97 Å². The molecule has 16 heteroatoms. The van der Waals surface area contributed by atoms with E-state index in [4.69, 9.17) is 52.9 Å². The molecule has 270 valence electrons. The highest BCUT2D eigenvalue weighted by Crippen LogP contribution is 2.42. The molecule has 2 aromatic carbocycles. The molecule has 4 N–H and O–H groups in total. The first-order chi connectivity index (χ1) is 25.4. The van der Waals surface area contributed by atoms with Crippen molar-refractivity contribution < 1.29 is 19.7 Å². The molecule has 0 spiro atoms. The van der Waals surface area contributed by atoms with E-state index in [0.29, 0.717) is 106 Å². The largest absolute Gasteiger partial charge is 0.480 e. The molecule has 14 nitrogen and oxygen atoms in total. The molecule has 0 atom stereocenters. The van der Waals surface area contributed by atoms with Crippen molar-refractivity contribution in [2.24, 2.45) is 0 Å². The minimum atomic E-state index is 0.0303. The second-order valence-electron chi connectivity index (χ2n) is 11.6. The molecular formula is C36H38Cl2N10O4. The zero-order chi connectivity index (χ0) is 36.5. The molecule has 0 amide bonds. The lowest BCUT2D eigenvalue weighted by Crippen LogP contribution is -2.15. The van der Waals surface area contributed by atoms with Crippen LogP contribution in [-0.2, 0) is 39.3 Å². The summed E-state index contributed by atoms with van der Waals surface area (Å²) in [6, 6.07) is 11.3. The number of aliphatic hydroxyl groups is 2. The first-order valence-electron chi connectivity index (χ1n) is 16.5. The van der Waals surface area contributed by atoms with Gasteiger partial charge in [-0.05, 0) is 0 Å². The van der Waals surface area contributed by atoms with Gasteiger partial charge in [-0.3, -0.25) is 19.3 Å². The SMILES string of the molecule is COc1nc(-c2cccc(-c3cccc(-c4cnc(CNCc5cnn(CCO)c5)c(OC)n4)c3Cl)c2Cl)cnc1CNCc1cnn(CCO)c1. The Kier molecular flexibility index (Phi) is 12.4. The van der Waals surface area contributed by atoms with E-state index in [1.165, 1.54) is 0 Å². The van der Waals surface area contributed by atoms with Crippen molar-refractivity contribution in [3.8, 4) is 45.4 Å². The zero-order valence-corrected chi connectivity index (χ0v) is 30.1. The van der Waals surface area contributed by atoms with E-state index in [-0.39, 0.29) is 13.2 Å². The van der Waals surface area contributed by atoms with Gasteiger partial charge in [0.15, 0.2) is 0 Å². The predicted octanol–water partition coefficient (Wildman–Crippen LogP) is 4.55. The highest BCUT2D eigenvalue weighted by Gasteiger charge is 2.19. The summed E-state index contributed by atoms with van der Waals surface area (Å²) >= 11 is 14.1. The van der Waals surface area contributed by atoms with E-state index in [9.17, 15) is 0 Å². The van der Waals surface area contributed by atoms with Crippen LogP contribution in [0.4, 0.5) is 0 Å². The lowest BCUT2D eigenvalue weighted by molar-refractivity contribution is 0.269. The van der Waals surface area contributed by atoms with Crippen LogP contribution >= 0.6 is 23.2 Å². The molecule has 0 aliphatic carbocycles. The number of hydrogen-bond acceptors (Lipinski definition) is 12.